The van der Waals surface area contributed by atoms with Crippen molar-refractivity contribution in [3.05, 3.63) is 47.8 Å². The molecule has 1 unspecified atom stereocenters. The number of aromatic amines is 1. The van der Waals surface area contributed by atoms with Gasteiger partial charge in [-0.15, -0.1) is 0 Å². The van der Waals surface area contributed by atoms with E-state index in [1.807, 2.05) is 12.3 Å². The molecule has 0 radical (unpaired) electrons. The van der Waals surface area contributed by atoms with Crippen LogP contribution < -0.4 is 0 Å². The van der Waals surface area contributed by atoms with Gasteiger partial charge in [0.1, 0.15) is 6.29 Å². The maximum absolute atomic E-state index is 11.1. The van der Waals surface area contributed by atoms with Crippen molar-refractivity contribution < 1.29 is 9.53 Å². The fraction of sp³-hybridized carbons (Fsp3) is 0.353. The summed E-state index contributed by atoms with van der Waals surface area (Å²) < 4.78 is 5.32. The van der Waals surface area contributed by atoms with E-state index in [4.69, 9.17) is 4.74 Å². The van der Waals surface area contributed by atoms with Gasteiger partial charge >= 0.3 is 0 Å². The zero-order valence-electron chi connectivity index (χ0n) is 12.2. The van der Waals surface area contributed by atoms with E-state index in [9.17, 15) is 4.79 Å². The van der Waals surface area contributed by atoms with Gasteiger partial charge in [0.05, 0.1) is 6.10 Å². The first-order chi connectivity index (χ1) is 10.3. The SMILES string of the molecule is COC1CCN(CCc2c[nH]c3ccccc23)C=C1C=O. The minimum atomic E-state index is -0.0492. The molecule has 110 valence electrons. The van der Waals surface area contributed by atoms with Crippen molar-refractivity contribution in [3.8, 4) is 0 Å². The predicted molar refractivity (Wildman–Crippen MR) is 83.1 cm³/mol. The Morgan fingerprint density at radius 2 is 2.29 bits per heavy atom. The minimum Gasteiger partial charge on any atom is -0.377 e. The molecule has 1 aliphatic heterocycles. The van der Waals surface area contributed by atoms with Crippen LogP contribution in [0.1, 0.15) is 12.0 Å². The summed E-state index contributed by atoms with van der Waals surface area (Å²) in [5.41, 5.74) is 3.23. The molecular weight excluding hydrogens is 264 g/mol. The van der Waals surface area contributed by atoms with Gasteiger partial charge in [-0.25, -0.2) is 0 Å². The zero-order valence-corrected chi connectivity index (χ0v) is 12.2. The van der Waals surface area contributed by atoms with E-state index in [1.54, 1.807) is 7.11 Å². The monoisotopic (exact) mass is 284 g/mol. The molecule has 4 heteroatoms. The molecule has 1 aliphatic rings. The average molecular weight is 284 g/mol. The van der Waals surface area contributed by atoms with Crippen LogP contribution in [0.15, 0.2) is 42.2 Å². The summed E-state index contributed by atoms with van der Waals surface area (Å²) in [6.45, 7) is 1.84. The Morgan fingerprint density at radius 1 is 1.43 bits per heavy atom. The number of benzene rings is 1. The highest BCUT2D eigenvalue weighted by molar-refractivity contribution is 5.83. The summed E-state index contributed by atoms with van der Waals surface area (Å²) in [7, 11) is 1.66. The van der Waals surface area contributed by atoms with Gasteiger partial charge in [0.2, 0.25) is 0 Å². The zero-order chi connectivity index (χ0) is 14.7. The van der Waals surface area contributed by atoms with E-state index in [1.165, 1.54) is 16.5 Å². The van der Waals surface area contributed by atoms with Crippen LogP contribution in [0.2, 0.25) is 0 Å². The molecule has 4 nitrogen and oxygen atoms in total. The average Bonchev–Trinajstić information content (AvgIpc) is 2.96. The molecule has 0 saturated heterocycles. The molecule has 21 heavy (non-hydrogen) atoms. The molecule has 1 N–H and O–H groups in total. The van der Waals surface area contributed by atoms with Crippen molar-refractivity contribution in [2.75, 3.05) is 20.2 Å². The van der Waals surface area contributed by atoms with E-state index in [-0.39, 0.29) is 6.10 Å². The summed E-state index contributed by atoms with van der Waals surface area (Å²) in [5.74, 6) is 0. The van der Waals surface area contributed by atoms with Crippen LogP contribution >= 0.6 is 0 Å². The Bertz CT molecular complexity index is 660. The lowest BCUT2D eigenvalue weighted by Crippen LogP contribution is -2.33. The first kappa shape index (κ1) is 13.9. The fourth-order valence-electron chi connectivity index (χ4n) is 2.95. The highest BCUT2D eigenvalue weighted by Crippen LogP contribution is 2.20. The standard InChI is InChI=1S/C17H20N2O2/c1-21-17-7-9-19(11-14(17)12-20)8-6-13-10-18-16-5-3-2-4-15(13)16/h2-5,10-12,17-18H,6-9H2,1H3. The van der Waals surface area contributed by atoms with Gasteiger partial charge in [0.15, 0.2) is 0 Å². The highest BCUT2D eigenvalue weighted by atomic mass is 16.5. The molecule has 2 aromatic rings. The molecule has 1 atom stereocenters. The van der Waals surface area contributed by atoms with Crippen LogP contribution in [0.5, 0.6) is 0 Å². The molecule has 3 rings (SSSR count). The number of aromatic nitrogens is 1. The summed E-state index contributed by atoms with van der Waals surface area (Å²) in [4.78, 5) is 16.6. The number of fused-ring (bicyclic) bond motifs is 1. The lowest BCUT2D eigenvalue weighted by molar-refractivity contribution is -0.106. The second kappa shape index (κ2) is 6.14. The second-order valence-corrected chi connectivity index (χ2v) is 5.41. The third kappa shape index (κ3) is 2.85. The molecular formula is C17H20N2O2. The van der Waals surface area contributed by atoms with Gasteiger partial charge in [-0.2, -0.15) is 0 Å². The van der Waals surface area contributed by atoms with Crippen molar-refractivity contribution in [1.82, 2.24) is 9.88 Å². The van der Waals surface area contributed by atoms with Crippen molar-refractivity contribution in [3.63, 3.8) is 0 Å². The molecule has 2 heterocycles. The number of nitrogens with zero attached hydrogens (tertiary/aromatic N) is 1. The minimum absolute atomic E-state index is 0.0492. The Balaban J connectivity index is 1.69. The fourth-order valence-corrected chi connectivity index (χ4v) is 2.95. The number of hydrogen-bond donors (Lipinski definition) is 1. The van der Waals surface area contributed by atoms with Gasteiger partial charge < -0.3 is 14.6 Å². The van der Waals surface area contributed by atoms with E-state index in [2.05, 4.69) is 34.3 Å². The Morgan fingerprint density at radius 3 is 3.10 bits per heavy atom. The number of nitrogens with one attached hydrogen (secondary N) is 1. The number of H-pyrrole nitrogens is 1. The van der Waals surface area contributed by atoms with Crippen molar-refractivity contribution in [2.24, 2.45) is 0 Å². The summed E-state index contributed by atoms with van der Waals surface area (Å²) in [6.07, 6.45) is 6.72. The molecule has 0 spiro atoms. The van der Waals surface area contributed by atoms with Crippen LogP contribution in [0.4, 0.5) is 0 Å². The first-order valence-corrected chi connectivity index (χ1v) is 7.30. The third-order valence-corrected chi connectivity index (χ3v) is 4.15. The number of rotatable bonds is 5. The summed E-state index contributed by atoms with van der Waals surface area (Å²) in [5, 5.41) is 1.28. The molecule has 0 amide bonds. The van der Waals surface area contributed by atoms with Crippen LogP contribution in [-0.2, 0) is 16.0 Å². The maximum Gasteiger partial charge on any atom is 0.150 e. The quantitative estimate of drug-likeness (QED) is 0.858. The molecule has 0 fully saturated rings. The Hall–Kier alpha value is -2.07. The number of ether oxygens (including phenoxy) is 1. The lowest BCUT2D eigenvalue weighted by Gasteiger charge is -2.29. The van der Waals surface area contributed by atoms with Gasteiger partial charge in [-0.3, -0.25) is 4.79 Å². The van der Waals surface area contributed by atoms with Crippen LogP contribution in [0.3, 0.4) is 0 Å². The van der Waals surface area contributed by atoms with Gasteiger partial charge in [-0.05, 0) is 24.5 Å². The van der Waals surface area contributed by atoms with Crippen LogP contribution in [0.25, 0.3) is 10.9 Å². The number of carbonyl (C=O) groups excluding carboxylic acids is 1. The van der Waals surface area contributed by atoms with Gasteiger partial charge in [0, 0.05) is 49.1 Å². The van der Waals surface area contributed by atoms with Gasteiger partial charge in [-0.1, -0.05) is 18.2 Å². The second-order valence-electron chi connectivity index (χ2n) is 5.41. The van der Waals surface area contributed by atoms with E-state index < -0.39 is 0 Å². The largest absolute Gasteiger partial charge is 0.377 e. The smallest absolute Gasteiger partial charge is 0.150 e. The normalized spacial score (nSPS) is 18.8. The Labute approximate surface area is 124 Å². The maximum atomic E-state index is 11.1. The molecule has 0 bridgehead atoms. The molecule has 1 aromatic carbocycles. The summed E-state index contributed by atoms with van der Waals surface area (Å²) in [6, 6.07) is 8.34. The van der Waals surface area contributed by atoms with E-state index in [0.717, 1.165) is 37.8 Å². The lowest BCUT2D eigenvalue weighted by atomic mass is 10.0. The predicted octanol–water partition coefficient (Wildman–Crippen LogP) is 2.51. The third-order valence-electron chi connectivity index (χ3n) is 4.15. The number of aldehydes is 1. The number of carbonyl (C=O) groups is 1. The number of para-hydroxylation sites is 1. The first-order valence-electron chi connectivity index (χ1n) is 7.30. The molecule has 0 aliphatic carbocycles. The van der Waals surface area contributed by atoms with Crippen molar-refractivity contribution in [2.45, 2.75) is 18.9 Å². The van der Waals surface area contributed by atoms with Crippen molar-refractivity contribution in [1.29, 1.82) is 0 Å². The van der Waals surface area contributed by atoms with Crippen LogP contribution in [-0.4, -0.2) is 42.5 Å². The topological polar surface area (TPSA) is 45.3 Å². The summed E-state index contributed by atoms with van der Waals surface area (Å²) >= 11 is 0. The highest BCUT2D eigenvalue weighted by Gasteiger charge is 2.20. The van der Waals surface area contributed by atoms with Crippen molar-refractivity contribution >= 4 is 17.2 Å². The Kier molecular flexibility index (Phi) is 4.06. The number of methoxy groups -OCH3 is 1. The van der Waals surface area contributed by atoms with Gasteiger partial charge in [0.25, 0.3) is 0 Å². The number of hydrogen-bond acceptors (Lipinski definition) is 3. The van der Waals surface area contributed by atoms with E-state index in [0.29, 0.717) is 0 Å². The molecule has 0 saturated carbocycles. The van der Waals surface area contributed by atoms with E-state index >= 15 is 0 Å². The van der Waals surface area contributed by atoms with Crippen LogP contribution in [0, 0.1) is 0 Å². The molecule has 1 aromatic heterocycles.